The Morgan fingerprint density at radius 2 is 1.73 bits per heavy atom. The van der Waals surface area contributed by atoms with E-state index in [1.807, 2.05) is 12.1 Å². The van der Waals surface area contributed by atoms with E-state index in [0.29, 0.717) is 12.8 Å². The molecule has 0 bridgehead atoms. The van der Waals surface area contributed by atoms with Crippen LogP contribution < -0.4 is 5.32 Å². The first-order valence-electron chi connectivity index (χ1n) is 8.28. The second-order valence-corrected chi connectivity index (χ2v) is 6.49. The van der Waals surface area contributed by atoms with Crippen LogP contribution in [-0.2, 0) is 16.0 Å². The number of hydrogen-bond donors (Lipinski definition) is 2. The molecule has 2 aliphatic carbocycles. The fourth-order valence-corrected chi connectivity index (χ4v) is 3.92. The van der Waals surface area contributed by atoms with Crippen LogP contribution in [0, 0.1) is 11.8 Å². The van der Waals surface area contributed by atoms with E-state index in [4.69, 9.17) is 0 Å². The summed E-state index contributed by atoms with van der Waals surface area (Å²) in [5, 5.41) is 12.5. The van der Waals surface area contributed by atoms with Gasteiger partial charge >= 0.3 is 5.97 Å². The quantitative estimate of drug-likeness (QED) is 0.901. The average Bonchev–Trinajstić information content (AvgIpc) is 2.55. The first kappa shape index (κ1) is 15.1. The largest absolute Gasteiger partial charge is 0.481 e. The van der Waals surface area contributed by atoms with Gasteiger partial charge in [-0.25, -0.2) is 0 Å². The van der Waals surface area contributed by atoms with Crippen LogP contribution in [0.3, 0.4) is 0 Å². The lowest BCUT2D eigenvalue weighted by molar-refractivity contribution is -0.149. The van der Waals surface area contributed by atoms with Crippen LogP contribution in [0.25, 0.3) is 0 Å². The zero-order valence-electron chi connectivity index (χ0n) is 12.8. The number of amides is 1. The number of rotatable bonds is 3. The van der Waals surface area contributed by atoms with Crippen molar-refractivity contribution in [1.29, 1.82) is 0 Å². The highest BCUT2D eigenvalue weighted by Gasteiger charge is 2.36. The van der Waals surface area contributed by atoms with E-state index >= 15 is 0 Å². The molecule has 0 radical (unpaired) electrons. The van der Waals surface area contributed by atoms with Gasteiger partial charge < -0.3 is 10.4 Å². The van der Waals surface area contributed by atoms with Crippen LogP contribution in [0.1, 0.15) is 55.7 Å². The molecule has 1 amide bonds. The highest BCUT2D eigenvalue weighted by molar-refractivity contribution is 5.85. The van der Waals surface area contributed by atoms with Gasteiger partial charge in [-0.05, 0) is 43.2 Å². The maximum Gasteiger partial charge on any atom is 0.307 e. The first-order chi connectivity index (χ1) is 10.7. The van der Waals surface area contributed by atoms with Crippen molar-refractivity contribution in [2.45, 2.75) is 51.0 Å². The molecule has 0 aliphatic heterocycles. The summed E-state index contributed by atoms with van der Waals surface area (Å²) < 4.78 is 0. The minimum Gasteiger partial charge on any atom is -0.481 e. The highest BCUT2D eigenvalue weighted by atomic mass is 16.4. The van der Waals surface area contributed by atoms with E-state index in [0.717, 1.165) is 32.1 Å². The van der Waals surface area contributed by atoms with E-state index in [-0.39, 0.29) is 17.9 Å². The molecule has 2 N–H and O–H groups in total. The fraction of sp³-hybridized carbons (Fsp3) is 0.556. The van der Waals surface area contributed by atoms with Crippen LogP contribution >= 0.6 is 0 Å². The van der Waals surface area contributed by atoms with E-state index in [1.54, 1.807) is 0 Å². The van der Waals surface area contributed by atoms with Crippen molar-refractivity contribution >= 4 is 11.9 Å². The van der Waals surface area contributed by atoms with Gasteiger partial charge in [0.1, 0.15) is 0 Å². The molecule has 118 valence electrons. The average molecular weight is 301 g/mol. The highest BCUT2D eigenvalue weighted by Crippen LogP contribution is 2.33. The van der Waals surface area contributed by atoms with Crippen molar-refractivity contribution in [2.75, 3.05) is 0 Å². The number of aliphatic carboxylic acids is 1. The number of fused-ring (bicyclic) bond motifs is 1. The molecule has 0 spiro atoms. The molecule has 4 heteroatoms. The second kappa shape index (κ2) is 6.51. The topological polar surface area (TPSA) is 66.4 Å². The molecule has 3 rings (SSSR count). The number of hydrogen-bond acceptors (Lipinski definition) is 2. The van der Waals surface area contributed by atoms with Gasteiger partial charge in [-0.15, -0.1) is 0 Å². The maximum atomic E-state index is 12.6. The molecule has 1 unspecified atom stereocenters. The monoisotopic (exact) mass is 301 g/mol. The van der Waals surface area contributed by atoms with Crippen LogP contribution in [0.4, 0.5) is 0 Å². The van der Waals surface area contributed by atoms with E-state index in [2.05, 4.69) is 17.4 Å². The molecule has 0 saturated heterocycles. The van der Waals surface area contributed by atoms with Crippen molar-refractivity contribution in [2.24, 2.45) is 11.8 Å². The number of nitrogens with one attached hydrogen (secondary N) is 1. The summed E-state index contributed by atoms with van der Waals surface area (Å²) in [4.78, 5) is 24.0. The molecule has 3 atom stereocenters. The maximum absolute atomic E-state index is 12.6. The summed E-state index contributed by atoms with van der Waals surface area (Å²) in [5.41, 5.74) is 2.50. The summed E-state index contributed by atoms with van der Waals surface area (Å²) in [6.45, 7) is 0. The lowest BCUT2D eigenvalue weighted by Crippen LogP contribution is -2.41. The fourth-order valence-electron chi connectivity index (χ4n) is 3.92. The summed E-state index contributed by atoms with van der Waals surface area (Å²) in [7, 11) is 0. The molecule has 2 aliphatic rings. The van der Waals surface area contributed by atoms with Gasteiger partial charge in [0, 0.05) is 0 Å². The number of carboxylic acids is 1. The van der Waals surface area contributed by atoms with Gasteiger partial charge in [-0.3, -0.25) is 9.59 Å². The SMILES string of the molecule is O=C(O)C1CCCC[C@H]1C(=O)N[C@H]1CCCc2ccccc21. The molecule has 1 saturated carbocycles. The van der Waals surface area contributed by atoms with Crippen molar-refractivity contribution in [3.8, 4) is 0 Å². The molecule has 0 heterocycles. The Balaban J connectivity index is 1.73. The first-order valence-corrected chi connectivity index (χ1v) is 8.28. The van der Waals surface area contributed by atoms with Gasteiger partial charge in [0.2, 0.25) is 5.91 Å². The zero-order chi connectivity index (χ0) is 15.5. The third kappa shape index (κ3) is 3.01. The van der Waals surface area contributed by atoms with Crippen molar-refractivity contribution in [1.82, 2.24) is 5.32 Å². The number of aryl methyl sites for hydroxylation is 1. The van der Waals surface area contributed by atoms with Gasteiger partial charge in [0.25, 0.3) is 0 Å². The Hall–Kier alpha value is -1.84. The van der Waals surface area contributed by atoms with Gasteiger partial charge in [0.05, 0.1) is 17.9 Å². The molecular weight excluding hydrogens is 278 g/mol. The van der Waals surface area contributed by atoms with Crippen LogP contribution in [0.5, 0.6) is 0 Å². The Morgan fingerprint density at radius 1 is 1.00 bits per heavy atom. The zero-order valence-corrected chi connectivity index (χ0v) is 12.8. The Labute approximate surface area is 130 Å². The predicted molar refractivity (Wildman–Crippen MR) is 83.3 cm³/mol. The molecule has 1 fully saturated rings. The van der Waals surface area contributed by atoms with Crippen molar-refractivity contribution < 1.29 is 14.7 Å². The number of benzene rings is 1. The Morgan fingerprint density at radius 3 is 2.50 bits per heavy atom. The summed E-state index contributed by atoms with van der Waals surface area (Å²) in [6, 6.07) is 8.27. The lowest BCUT2D eigenvalue weighted by Gasteiger charge is -2.31. The minimum absolute atomic E-state index is 0.0359. The summed E-state index contributed by atoms with van der Waals surface area (Å²) >= 11 is 0. The standard InChI is InChI=1S/C18H23NO3/c20-17(14-9-3-4-10-15(14)18(21)22)19-16-11-5-7-12-6-1-2-8-13(12)16/h1-2,6,8,14-16H,3-5,7,9-11H2,(H,19,20)(H,21,22)/t14-,15?,16+/m1/s1. The van der Waals surface area contributed by atoms with Crippen molar-refractivity contribution in [3.05, 3.63) is 35.4 Å². The van der Waals surface area contributed by atoms with E-state index in [1.165, 1.54) is 11.1 Å². The van der Waals surface area contributed by atoms with Gasteiger partial charge in [-0.1, -0.05) is 37.1 Å². The Kier molecular flexibility index (Phi) is 4.46. The van der Waals surface area contributed by atoms with Crippen LogP contribution in [0.2, 0.25) is 0 Å². The smallest absolute Gasteiger partial charge is 0.307 e. The third-order valence-electron chi connectivity index (χ3n) is 5.11. The summed E-state index contributed by atoms with van der Waals surface area (Å²) in [5.74, 6) is -1.80. The molecular formula is C18H23NO3. The minimum atomic E-state index is -0.830. The summed E-state index contributed by atoms with van der Waals surface area (Å²) in [6.07, 6.45) is 6.23. The number of carbonyl (C=O) groups excluding carboxylic acids is 1. The molecule has 22 heavy (non-hydrogen) atoms. The molecule has 4 nitrogen and oxygen atoms in total. The van der Waals surface area contributed by atoms with Crippen LogP contribution in [-0.4, -0.2) is 17.0 Å². The molecule has 1 aromatic rings. The van der Waals surface area contributed by atoms with E-state index in [9.17, 15) is 14.7 Å². The third-order valence-corrected chi connectivity index (χ3v) is 5.11. The van der Waals surface area contributed by atoms with Gasteiger partial charge in [-0.2, -0.15) is 0 Å². The van der Waals surface area contributed by atoms with E-state index < -0.39 is 11.9 Å². The molecule has 1 aromatic carbocycles. The molecule has 0 aromatic heterocycles. The van der Waals surface area contributed by atoms with Crippen molar-refractivity contribution in [3.63, 3.8) is 0 Å². The number of carbonyl (C=O) groups is 2. The number of carboxylic acid groups (broad SMARTS) is 1. The van der Waals surface area contributed by atoms with Gasteiger partial charge in [0.15, 0.2) is 0 Å². The second-order valence-electron chi connectivity index (χ2n) is 6.49. The van der Waals surface area contributed by atoms with Crippen LogP contribution in [0.15, 0.2) is 24.3 Å². The normalized spacial score (nSPS) is 27.7. The predicted octanol–water partition coefficient (Wildman–Crippen LogP) is 3.07. The Bertz CT molecular complexity index is 569. The lowest BCUT2D eigenvalue weighted by atomic mass is 9.78.